The van der Waals surface area contributed by atoms with Crippen molar-refractivity contribution in [3.63, 3.8) is 0 Å². The smallest absolute Gasteiger partial charge is 0.339 e. The largest absolute Gasteiger partial charge is 0.462 e. The van der Waals surface area contributed by atoms with E-state index in [1.165, 1.54) is 12.5 Å². The molecule has 3 rings (SSSR count). The number of carbonyl (C=O) groups excluding carboxylic acids is 2. The van der Waals surface area contributed by atoms with Crippen LogP contribution in [-0.2, 0) is 16.1 Å². The molecule has 1 aliphatic heterocycles. The van der Waals surface area contributed by atoms with Crippen LogP contribution < -0.4 is 4.90 Å². The van der Waals surface area contributed by atoms with Gasteiger partial charge in [-0.25, -0.2) is 14.8 Å². The number of hydrogen-bond donors (Lipinski definition) is 0. The van der Waals surface area contributed by atoms with E-state index in [0.29, 0.717) is 51.3 Å². The second-order valence-electron chi connectivity index (χ2n) is 5.90. The Kier molecular flexibility index (Phi) is 5.77. The fourth-order valence-electron chi connectivity index (χ4n) is 2.81. The molecule has 0 N–H and O–H groups in total. The lowest BCUT2D eigenvalue weighted by molar-refractivity contribution is -0.131. The van der Waals surface area contributed by atoms with Crippen LogP contribution in [0.4, 0.5) is 5.82 Å². The average molecular weight is 358 g/mol. The van der Waals surface area contributed by atoms with Crippen LogP contribution >= 0.6 is 0 Å². The van der Waals surface area contributed by atoms with Crippen LogP contribution in [0.25, 0.3) is 0 Å². The highest BCUT2D eigenvalue weighted by atomic mass is 16.5. The van der Waals surface area contributed by atoms with Crippen LogP contribution in [-0.4, -0.2) is 69.3 Å². The standard InChI is InChI=1S/C17H22N6O3/c1-2-26-17(25)14-3-4-15(19-11-14)21-7-9-22(10-8-21)16(24)5-6-23-13-18-12-20-23/h3-4,11-13H,2,5-10H2,1H3. The van der Waals surface area contributed by atoms with Crippen molar-refractivity contribution < 1.29 is 14.3 Å². The van der Waals surface area contributed by atoms with Crippen LogP contribution in [0, 0.1) is 0 Å². The molecule has 2 aromatic rings. The van der Waals surface area contributed by atoms with E-state index < -0.39 is 0 Å². The molecule has 0 bridgehead atoms. The number of carbonyl (C=O) groups is 2. The minimum absolute atomic E-state index is 0.116. The fourth-order valence-corrected chi connectivity index (χ4v) is 2.81. The molecule has 1 amide bonds. The number of amides is 1. The zero-order chi connectivity index (χ0) is 18.4. The molecular formula is C17H22N6O3. The average Bonchev–Trinajstić information content (AvgIpc) is 3.20. The van der Waals surface area contributed by atoms with Gasteiger partial charge in [-0.1, -0.05) is 0 Å². The first-order valence-electron chi connectivity index (χ1n) is 8.65. The molecule has 9 heteroatoms. The Labute approximate surface area is 151 Å². The molecule has 0 spiro atoms. The summed E-state index contributed by atoms with van der Waals surface area (Å²) in [6.07, 6.45) is 5.01. The van der Waals surface area contributed by atoms with Gasteiger partial charge in [-0.05, 0) is 19.1 Å². The van der Waals surface area contributed by atoms with Gasteiger partial charge in [0.15, 0.2) is 0 Å². The topological polar surface area (TPSA) is 93.5 Å². The number of ether oxygens (including phenoxy) is 1. The van der Waals surface area contributed by atoms with Crippen molar-refractivity contribution in [2.75, 3.05) is 37.7 Å². The summed E-state index contributed by atoms with van der Waals surface area (Å²) in [5, 5.41) is 4.00. The first-order valence-corrected chi connectivity index (χ1v) is 8.65. The summed E-state index contributed by atoms with van der Waals surface area (Å²) < 4.78 is 6.61. The molecule has 0 radical (unpaired) electrons. The number of aryl methyl sites for hydroxylation is 1. The van der Waals surface area contributed by atoms with Crippen LogP contribution in [0.1, 0.15) is 23.7 Å². The van der Waals surface area contributed by atoms with Gasteiger partial charge in [-0.2, -0.15) is 5.10 Å². The van der Waals surface area contributed by atoms with E-state index in [4.69, 9.17) is 4.74 Å². The van der Waals surface area contributed by atoms with Gasteiger partial charge in [-0.15, -0.1) is 0 Å². The third kappa shape index (κ3) is 4.35. The van der Waals surface area contributed by atoms with E-state index >= 15 is 0 Å². The highest BCUT2D eigenvalue weighted by molar-refractivity contribution is 5.89. The molecule has 26 heavy (non-hydrogen) atoms. The maximum absolute atomic E-state index is 12.3. The van der Waals surface area contributed by atoms with Gasteiger partial charge < -0.3 is 14.5 Å². The third-order valence-corrected chi connectivity index (χ3v) is 4.24. The first kappa shape index (κ1) is 17.8. The van der Waals surface area contributed by atoms with Gasteiger partial charge in [0.1, 0.15) is 18.5 Å². The molecule has 0 saturated carbocycles. The minimum atomic E-state index is -0.366. The van der Waals surface area contributed by atoms with Crippen molar-refractivity contribution in [3.8, 4) is 0 Å². The lowest BCUT2D eigenvalue weighted by atomic mass is 10.2. The van der Waals surface area contributed by atoms with Crippen molar-refractivity contribution in [3.05, 3.63) is 36.5 Å². The monoisotopic (exact) mass is 358 g/mol. The van der Waals surface area contributed by atoms with Gasteiger partial charge in [0.25, 0.3) is 0 Å². The van der Waals surface area contributed by atoms with Crippen molar-refractivity contribution in [2.24, 2.45) is 0 Å². The SMILES string of the molecule is CCOC(=O)c1ccc(N2CCN(C(=O)CCn3cncn3)CC2)nc1. The van der Waals surface area contributed by atoms with E-state index in [2.05, 4.69) is 20.0 Å². The molecule has 0 atom stereocenters. The Bertz CT molecular complexity index is 723. The second-order valence-corrected chi connectivity index (χ2v) is 5.90. The second kappa shape index (κ2) is 8.41. The van der Waals surface area contributed by atoms with Crippen LogP contribution in [0.3, 0.4) is 0 Å². The number of esters is 1. The molecule has 0 aromatic carbocycles. The Morgan fingerprint density at radius 3 is 2.62 bits per heavy atom. The van der Waals surface area contributed by atoms with Gasteiger partial charge in [0.2, 0.25) is 5.91 Å². The van der Waals surface area contributed by atoms with E-state index in [1.54, 1.807) is 24.0 Å². The molecule has 138 valence electrons. The van der Waals surface area contributed by atoms with Crippen LogP contribution in [0.15, 0.2) is 31.0 Å². The van der Waals surface area contributed by atoms with Crippen molar-refractivity contribution in [1.29, 1.82) is 0 Å². The molecule has 2 aromatic heterocycles. The summed E-state index contributed by atoms with van der Waals surface area (Å²) in [7, 11) is 0. The molecule has 0 aliphatic carbocycles. The summed E-state index contributed by atoms with van der Waals surface area (Å²) in [6.45, 7) is 5.37. The van der Waals surface area contributed by atoms with Gasteiger partial charge >= 0.3 is 5.97 Å². The molecule has 9 nitrogen and oxygen atoms in total. The van der Waals surface area contributed by atoms with E-state index in [-0.39, 0.29) is 11.9 Å². The summed E-state index contributed by atoms with van der Waals surface area (Å²) >= 11 is 0. The number of piperazine rings is 1. The maximum Gasteiger partial charge on any atom is 0.339 e. The molecule has 1 saturated heterocycles. The number of hydrogen-bond acceptors (Lipinski definition) is 7. The summed E-state index contributed by atoms with van der Waals surface area (Å²) in [4.78, 5) is 36.1. The predicted molar refractivity (Wildman–Crippen MR) is 93.6 cm³/mol. The highest BCUT2D eigenvalue weighted by Crippen LogP contribution is 2.15. The first-order chi connectivity index (χ1) is 12.7. The molecule has 1 fully saturated rings. The highest BCUT2D eigenvalue weighted by Gasteiger charge is 2.22. The molecule has 0 unspecified atom stereocenters. The maximum atomic E-state index is 12.3. The minimum Gasteiger partial charge on any atom is -0.462 e. The van der Waals surface area contributed by atoms with Crippen molar-refractivity contribution >= 4 is 17.7 Å². The summed E-state index contributed by atoms with van der Waals surface area (Å²) in [5.41, 5.74) is 0.442. The summed E-state index contributed by atoms with van der Waals surface area (Å²) in [5.74, 6) is 0.549. The van der Waals surface area contributed by atoms with Gasteiger partial charge in [-0.3, -0.25) is 9.48 Å². The summed E-state index contributed by atoms with van der Waals surface area (Å²) in [6, 6.07) is 3.53. The number of aromatic nitrogens is 4. The normalized spacial score (nSPS) is 14.3. The Morgan fingerprint density at radius 2 is 2.00 bits per heavy atom. The Hall–Kier alpha value is -2.97. The number of pyridine rings is 1. The number of rotatable bonds is 6. The zero-order valence-corrected chi connectivity index (χ0v) is 14.7. The molecule has 3 heterocycles. The number of anilines is 1. The van der Waals surface area contributed by atoms with Gasteiger partial charge in [0.05, 0.1) is 18.7 Å². The molecular weight excluding hydrogens is 336 g/mol. The van der Waals surface area contributed by atoms with Crippen LogP contribution in [0.5, 0.6) is 0 Å². The fraction of sp³-hybridized carbons (Fsp3) is 0.471. The van der Waals surface area contributed by atoms with Crippen molar-refractivity contribution in [2.45, 2.75) is 19.9 Å². The Balaban J connectivity index is 1.48. The predicted octanol–water partition coefficient (Wildman–Crippen LogP) is 0.589. The van der Waals surface area contributed by atoms with Crippen LogP contribution in [0.2, 0.25) is 0 Å². The molecule has 1 aliphatic rings. The third-order valence-electron chi connectivity index (χ3n) is 4.24. The lowest BCUT2D eigenvalue weighted by Gasteiger charge is -2.35. The van der Waals surface area contributed by atoms with Gasteiger partial charge in [0, 0.05) is 38.8 Å². The number of nitrogens with zero attached hydrogens (tertiary/aromatic N) is 6. The zero-order valence-electron chi connectivity index (χ0n) is 14.7. The van der Waals surface area contributed by atoms with E-state index in [0.717, 1.165) is 5.82 Å². The van der Waals surface area contributed by atoms with E-state index in [1.807, 2.05) is 11.0 Å². The quantitative estimate of drug-likeness (QED) is 0.698. The van der Waals surface area contributed by atoms with E-state index in [9.17, 15) is 9.59 Å². The lowest BCUT2D eigenvalue weighted by Crippen LogP contribution is -2.49. The van der Waals surface area contributed by atoms with Crippen molar-refractivity contribution in [1.82, 2.24) is 24.6 Å². The Morgan fingerprint density at radius 1 is 1.19 bits per heavy atom.